The number of carbonyl (C=O) groups excluding carboxylic acids is 1. The second kappa shape index (κ2) is 6.67. The first-order valence-corrected chi connectivity index (χ1v) is 8.09. The van der Waals surface area contributed by atoms with Gasteiger partial charge in [-0.3, -0.25) is 15.0 Å². The van der Waals surface area contributed by atoms with E-state index in [1.54, 1.807) is 17.0 Å². The molecule has 0 N–H and O–H groups in total. The summed E-state index contributed by atoms with van der Waals surface area (Å²) in [5, 5.41) is 11.0. The molecule has 1 saturated heterocycles. The highest BCUT2D eigenvalue weighted by molar-refractivity contribution is 5.70. The summed E-state index contributed by atoms with van der Waals surface area (Å²) in [6, 6.07) is 6.49. The number of amides is 1. The van der Waals surface area contributed by atoms with Crippen molar-refractivity contribution in [1.82, 2.24) is 4.90 Å². The van der Waals surface area contributed by atoms with Crippen LogP contribution in [0.4, 0.5) is 16.2 Å². The van der Waals surface area contributed by atoms with Gasteiger partial charge in [0, 0.05) is 30.9 Å². The Morgan fingerprint density at radius 1 is 1.25 bits per heavy atom. The predicted octanol–water partition coefficient (Wildman–Crippen LogP) is 3.43. The second-order valence-corrected chi connectivity index (χ2v) is 7.27. The summed E-state index contributed by atoms with van der Waals surface area (Å²) in [7, 11) is 0. The summed E-state index contributed by atoms with van der Waals surface area (Å²) in [4.78, 5) is 26.8. The van der Waals surface area contributed by atoms with Crippen molar-refractivity contribution >= 4 is 17.5 Å². The maximum Gasteiger partial charge on any atom is 0.410 e. The fourth-order valence-electron chi connectivity index (χ4n) is 3.01. The Kier molecular flexibility index (Phi) is 5.01. The average Bonchev–Trinajstić information content (AvgIpc) is 2.44. The molecule has 7 nitrogen and oxygen atoms in total. The molecule has 2 atom stereocenters. The average molecular weight is 335 g/mol. The standard InChI is InChI=1S/C17H25N3O4/c1-12-10-18(14-7-6-8-15(9-14)20(22)23)11-13(2)19(12)16(21)24-17(3,4)5/h6-9,12-13H,10-11H2,1-5H3. The van der Waals surface area contributed by atoms with Crippen LogP contribution in [0.15, 0.2) is 24.3 Å². The molecule has 1 amide bonds. The Labute approximate surface area is 142 Å². The van der Waals surface area contributed by atoms with Gasteiger partial charge in [-0.05, 0) is 40.7 Å². The SMILES string of the molecule is CC1CN(c2cccc([N+](=O)[O-])c2)CC(C)N1C(=O)OC(C)(C)C. The second-order valence-electron chi connectivity index (χ2n) is 7.27. The van der Waals surface area contributed by atoms with Gasteiger partial charge in [0.1, 0.15) is 5.60 Å². The third-order valence-corrected chi connectivity index (χ3v) is 3.93. The van der Waals surface area contributed by atoms with Gasteiger partial charge in [0.25, 0.3) is 5.69 Å². The van der Waals surface area contributed by atoms with E-state index in [4.69, 9.17) is 4.74 Å². The molecule has 1 aromatic rings. The molecule has 0 bridgehead atoms. The van der Waals surface area contributed by atoms with Gasteiger partial charge in [0.2, 0.25) is 0 Å². The molecule has 2 rings (SSSR count). The van der Waals surface area contributed by atoms with Crippen LogP contribution in [-0.2, 0) is 4.74 Å². The van der Waals surface area contributed by atoms with E-state index in [0.717, 1.165) is 5.69 Å². The molecule has 1 aliphatic heterocycles. The molecule has 0 spiro atoms. The van der Waals surface area contributed by atoms with Crippen molar-refractivity contribution in [3.8, 4) is 0 Å². The fraction of sp³-hybridized carbons (Fsp3) is 0.588. The van der Waals surface area contributed by atoms with Crippen molar-refractivity contribution in [3.63, 3.8) is 0 Å². The number of piperazine rings is 1. The molecule has 0 aliphatic carbocycles. The molecular weight excluding hydrogens is 310 g/mol. The minimum atomic E-state index is -0.534. The van der Waals surface area contributed by atoms with Gasteiger partial charge < -0.3 is 9.64 Å². The number of ether oxygens (including phenoxy) is 1. The van der Waals surface area contributed by atoms with Crippen LogP contribution in [0.2, 0.25) is 0 Å². The van der Waals surface area contributed by atoms with Gasteiger partial charge in [-0.25, -0.2) is 4.79 Å². The Morgan fingerprint density at radius 3 is 2.33 bits per heavy atom. The van der Waals surface area contributed by atoms with Crippen LogP contribution in [0.5, 0.6) is 0 Å². The lowest BCUT2D eigenvalue weighted by Gasteiger charge is -2.45. The Morgan fingerprint density at radius 2 is 1.83 bits per heavy atom. The highest BCUT2D eigenvalue weighted by Crippen LogP contribution is 2.26. The molecule has 1 fully saturated rings. The number of benzene rings is 1. The van der Waals surface area contributed by atoms with Gasteiger partial charge >= 0.3 is 6.09 Å². The summed E-state index contributed by atoms with van der Waals surface area (Å²) < 4.78 is 5.49. The number of carbonyl (C=O) groups is 1. The zero-order valence-corrected chi connectivity index (χ0v) is 14.9. The van der Waals surface area contributed by atoms with Gasteiger partial charge in [0.05, 0.1) is 17.0 Å². The Hall–Kier alpha value is -2.31. The number of rotatable bonds is 2. The first kappa shape index (κ1) is 18.0. The molecule has 0 radical (unpaired) electrons. The normalized spacial score (nSPS) is 21.5. The van der Waals surface area contributed by atoms with Crippen molar-refractivity contribution in [3.05, 3.63) is 34.4 Å². The molecule has 1 aromatic carbocycles. The molecule has 0 saturated carbocycles. The van der Waals surface area contributed by atoms with Crippen LogP contribution in [0.3, 0.4) is 0 Å². The van der Waals surface area contributed by atoms with E-state index >= 15 is 0 Å². The zero-order chi connectivity index (χ0) is 18.1. The van der Waals surface area contributed by atoms with Crippen LogP contribution in [-0.4, -0.2) is 46.7 Å². The number of hydrogen-bond acceptors (Lipinski definition) is 5. The van der Waals surface area contributed by atoms with E-state index in [1.165, 1.54) is 6.07 Å². The summed E-state index contributed by atoms with van der Waals surface area (Å²) >= 11 is 0. The molecular formula is C17H25N3O4. The Bertz CT molecular complexity index is 615. The van der Waals surface area contributed by atoms with Gasteiger partial charge in [0.15, 0.2) is 0 Å². The minimum absolute atomic E-state index is 0.0529. The van der Waals surface area contributed by atoms with Gasteiger partial charge in [-0.1, -0.05) is 6.07 Å². The maximum absolute atomic E-state index is 12.4. The third-order valence-electron chi connectivity index (χ3n) is 3.93. The number of anilines is 1. The molecule has 1 heterocycles. The molecule has 24 heavy (non-hydrogen) atoms. The largest absolute Gasteiger partial charge is 0.444 e. The number of nitro benzene ring substituents is 1. The zero-order valence-electron chi connectivity index (χ0n) is 14.9. The number of non-ortho nitro benzene ring substituents is 1. The smallest absolute Gasteiger partial charge is 0.410 e. The van der Waals surface area contributed by atoms with E-state index in [2.05, 4.69) is 4.90 Å². The fourth-order valence-corrected chi connectivity index (χ4v) is 3.01. The van der Waals surface area contributed by atoms with E-state index in [9.17, 15) is 14.9 Å². The molecule has 2 unspecified atom stereocenters. The monoisotopic (exact) mass is 335 g/mol. The first-order chi connectivity index (χ1) is 11.1. The van der Waals surface area contributed by atoms with Crippen LogP contribution in [0.1, 0.15) is 34.6 Å². The number of nitro groups is 1. The highest BCUT2D eigenvalue weighted by atomic mass is 16.6. The summed E-state index contributed by atoms with van der Waals surface area (Å²) in [6.07, 6.45) is -0.318. The lowest BCUT2D eigenvalue weighted by Crippen LogP contribution is -2.59. The predicted molar refractivity (Wildman–Crippen MR) is 92.3 cm³/mol. The number of hydrogen-bond donors (Lipinski definition) is 0. The number of nitrogens with zero attached hydrogens (tertiary/aromatic N) is 3. The lowest BCUT2D eigenvalue weighted by atomic mass is 10.1. The molecule has 132 valence electrons. The van der Waals surface area contributed by atoms with Crippen LogP contribution >= 0.6 is 0 Å². The van der Waals surface area contributed by atoms with Crippen molar-refractivity contribution < 1.29 is 14.5 Å². The van der Waals surface area contributed by atoms with Gasteiger partial charge in [-0.2, -0.15) is 0 Å². The molecule has 1 aliphatic rings. The lowest BCUT2D eigenvalue weighted by molar-refractivity contribution is -0.384. The summed E-state index contributed by atoms with van der Waals surface area (Å²) in [6.45, 7) is 10.7. The summed E-state index contributed by atoms with van der Waals surface area (Å²) in [5.41, 5.74) is 0.336. The van der Waals surface area contributed by atoms with Gasteiger partial charge in [-0.15, -0.1) is 0 Å². The maximum atomic E-state index is 12.4. The van der Waals surface area contributed by atoms with Crippen LogP contribution < -0.4 is 4.90 Å². The molecule has 7 heteroatoms. The topological polar surface area (TPSA) is 75.9 Å². The van der Waals surface area contributed by atoms with Crippen LogP contribution in [0, 0.1) is 10.1 Å². The van der Waals surface area contributed by atoms with E-state index in [-0.39, 0.29) is 23.9 Å². The quantitative estimate of drug-likeness (QED) is 0.611. The van der Waals surface area contributed by atoms with Crippen LogP contribution in [0.25, 0.3) is 0 Å². The van der Waals surface area contributed by atoms with E-state index in [0.29, 0.717) is 13.1 Å². The molecule has 0 aromatic heterocycles. The van der Waals surface area contributed by atoms with Crippen molar-refractivity contribution in [2.75, 3.05) is 18.0 Å². The highest BCUT2D eigenvalue weighted by Gasteiger charge is 2.35. The van der Waals surface area contributed by atoms with E-state index in [1.807, 2.05) is 40.7 Å². The van der Waals surface area contributed by atoms with E-state index < -0.39 is 10.5 Å². The minimum Gasteiger partial charge on any atom is -0.444 e. The summed E-state index contributed by atoms with van der Waals surface area (Å²) in [5.74, 6) is 0. The van der Waals surface area contributed by atoms with Crippen molar-refractivity contribution in [1.29, 1.82) is 0 Å². The van der Waals surface area contributed by atoms with Crippen molar-refractivity contribution in [2.24, 2.45) is 0 Å². The first-order valence-electron chi connectivity index (χ1n) is 8.09. The Balaban J connectivity index is 2.14. The third kappa shape index (κ3) is 4.15. The van der Waals surface area contributed by atoms with Crippen molar-refractivity contribution in [2.45, 2.75) is 52.3 Å².